The normalized spacial score (nSPS) is 12.2. The first kappa shape index (κ1) is 14.6. The number of fused-ring (bicyclic) bond motifs is 1. The van der Waals surface area contributed by atoms with Crippen molar-refractivity contribution < 1.29 is 18.7 Å². The lowest BCUT2D eigenvalue weighted by molar-refractivity contribution is 0.102. The molecule has 1 amide bonds. The minimum absolute atomic E-state index is 0.0164. The number of nitrogens with zero attached hydrogens (tertiary/aromatic N) is 1. The van der Waals surface area contributed by atoms with Crippen molar-refractivity contribution in [1.29, 1.82) is 0 Å². The minimum Gasteiger partial charge on any atom is -0.454 e. The van der Waals surface area contributed by atoms with Crippen LogP contribution < -0.4 is 14.8 Å². The highest BCUT2D eigenvalue weighted by Gasteiger charge is 2.16. The summed E-state index contributed by atoms with van der Waals surface area (Å²) in [4.78, 5) is 16.5. The van der Waals surface area contributed by atoms with Crippen molar-refractivity contribution in [3.05, 3.63) is 59.2 Å². The van der Waals surface area contributed by atoms with Crippen LogP contribution in [0.15, 0.2) is 47.8 Å². The summed E-state index contributed by atoms with van der Waals surface area (Å²) in [5, 5.41) is 4.83. The number of ether oxygens (including phenoxy) is 2. The van der Waals surface area contributed by atoms with E-state index in [0.717, 1.165) is 5.56 Å². The summed E-state index contributed by atoms with van der Waals surface area (Å²) in [7, 11) is 0. The first-order chi connectivity index (χ1) is 11.7. The standard InChI is InChI=1S/C17H11FN2O3S/c18-12-4-2-1-3-11(12)16(21)20-17-19-13(8-24-17)10-5-6-14-15(7-10)23-9-22-14/h1-8H,9H2,(H,19,20,21). The van der Waals surface area contributed by atoms with E-state index in [2.05, 4.69) is 10.3 Å². The average molecular weight is 342 g/mol. The lowest BCUT2D eigenvalue weighted by Crippen LogP contribution is -2.13. The van der Waals surface area contributed by atoms with Gasteiger partial charge in [0, 0.05) is 10.9 Å². The van der Waals surface area contributed by atoms with E-state index in [4.69, 9.17) is 9.47 Å². The number of benzene rings is 2. The molecule has 0 atom stereocenters. The first-order valence-corrected chi connectivity index (χ1v) is 8.00. The van der Waals surface area contributed by atoms with Crippen LogP contribution in [-0.2, 0) is 0 Å². The Labute approximate surface area is 140 Å². The fraction of sp³-hybridized carbons (Fsp3) is 0.0588. The molecule has 0 bridgehead atoms. The van der Waals surface area contributed by atoms with E-state index >= 15 is 0 Å². The molecule has 0 aliphatic carbocycles. The number of halogens is 1. The number of hydrogen-bond donors (Lipinski definition) is 1. The number of nitrogens with one attached hydrogen (secondary N) is 1. The maximum Gasteiger partial charge on any atom is 0.260 e. The molecule has 0 saturated carbocycles. The van der Waals surface area contributed by atoms with Gasteiger partial charge in [0.2, 0.25) is 6.79 Å². The second kappa shape index (κ2) is 5.93. The Morgan fingerprint density at radius 1 is 1.17 bits per heavy atom. The number of anilines is 1. The van der Waals surface area contributed by atoms with Crippen LogP contribution in [0.3, 0.4) is 0 Å². The van der Waals surface area contributed by atoms with E-state index in [-0.39, 0.29) is 12.4 Å². The Hall–Kier alpha value is -2.93. The molecule has 0 spiro atoms. The van der Waals surface area contributed by atoms with E-state index in [9.17, 15) is 9.18 Å². The summed E-state index contributed by atoms with van der Waals surface area (Å²) < 4.78 is 24.3. The zero-order valence-electron chi connectivity index (χ0n) is 12.3. The van der Waals surface area contributed by atoms with Crippen LogP contribution in [0, 0.1) is 5.82 Å². The smallest absolute Gasteiger partial charge is 0.260 e. The molecule has 0 radical (unpaired) electrons. The highest BCUT2D eigenvalue weighted by molar-refractivity contribution is 7.14. The lowest BCUT2D eigenvalue weighted by Gasteiger charge is -2.02. The van der Waals surface area contributed by atoms with Gasteiger partial charge in [-0.25, -0.2) is 9.37 Å². The molecule has 1 N–H and O–H groups in total. The zero-order valence-corrected chi connectivity index (χ0v) is 13.1. The summed E-state index contributed by atoms with van der Waals surface area (Å²) in [6.45, 7) is 0.208. The van der Waals surface area contributed by atoms with Gasteiger partial charge in [-0.3, -0.25) is 10.1 Å². The van der Waals surface area contributed by atoms with Gasteiger partial charge in [-0.2, -0.15) is 0 Å². The third-order valence-electron chi connectivity index (χ3n) is 3.51. The highest BCUT2D eigenvalue weighted by atomic mass is 32.1. The van der Waals surface area contributed by atoms with E-state index in [1.807, 2.05) is 23.6 Å². The molecule has 0 fully saturated rings. The minimum atomic E-state index is -0.567. The van der Waals surface area contributed by atoms with Gasteiger partial charge in [0.25, 0.3) is 5.91 Å². The first-order valence-electron chi connectivity index (χ1n) is 7.12. The Morgan fingerprint density at radius 2 is 2.00 bits per heavy atom. The SMILES string of the molecule is O=C(Nc1nc(-c2ccc3c(c2)OCO3)cs1)c1ccccc1F. The summed E-state index contributed by atoms with van der Waals surface area (Å²) in [5.41, 5.74) is 1.53. The van der Waals surface area contributed by atoms with E-state index in [1.165, 1.54) is 29.5 Å². The quantitative estimate of drug-likeness (QED) is 0.783. The third kappa shape index (κ3) is 2.69. The monoisotopic (exact) mass is 342 g/mol. The van der Waals surface area contributed by atoms with Crippen molar-refractivity contribution in [1.82, 2.24) is 4.98 Å². The second-order valence-corrected chi connectivity index (χ2v) is 5.90. The summed E-state index contributed by atoms with van der Waals surface area (Å²) in [6.07, 6.45) is 0. The Balaban J connectivity index is 1.55. The van der Waals surface area contributed by atoms with Crippen LogP contribution in [0.5, 0.6) is 11.5 Å². The van der Waals surface area contributed by atoms with Crippen molar-refractivity contribution >= 4 is 22.4 Å². The van der Waals surface area contributed by atoms with Gasteiger partial charge in [0.15, 0.2) is 16.6 Å². The van der Waals surface area contributed by atoms with E-state index in [0.29, 0.717) is 22.3 Å². The molecule has 2 aromatic carbocycles. The van der Waals surface area contributed by atoms with E-state index in [1.54, 1.807) is 6.07 Å². The molecule has 3 aromatic rings. The number of hydrogen-bond acceptors (Lipinski definition) is 5. The number of thiazole rings is 1. The zero-order chi connectivity index (χ0) is 16.5. The molecule has 7 heteroatoms. The Morgan fingerprint density at radius 3 is 2.88 bits per heavy atom. The van der Waals surface area contributed by atoms with Crippen LogP contribution in [0.2, 0.25) is 0 Å². The van der Waals surface area contributed by atoms with Gasteiger partial charge in [-0.05, 0) is 30.3 Å². The van der Waals surface area contributed by atoms with Gasteiger partial charge in [0.1, 0.15) is 5.82 Å². The van der Waals surface area contributed by atoms with Crippen LogP contribution in [0.1, 0.15) is 10.4 Å². The number of carbonyl (C=O) groups is 1. The number of aromatic nitrogens is 1. The van der Waals surface area contributed by atoms with Gasteiger partial charge < -0.3 is 9.47 Å². The maximum absolute atomic E-state index is 13.6. The summed E-state index contributed by atoms with van der Waals surface area (Å²) in [5.74, 6) is 0.265. The molecule has 24 heavy (non-hydrogen) atoms. The number of amides is 1. The van der Waals surface area contributed by atoms with Gasteiger partial charge in [-0.15, -0.1) is 11.3 Å². The Kier molecular flexibility index (Phi) is 3.62. The summed E-state index contributed by atoms with van der Waals surface area (Å²) in [6, 6.07) is 11.3. The molecule has 120 valence electrons. The molecule has 5 nitrogen and oxygen atoms in total. The topological polar surface area (TPSA) is 60.5 Å². The van der Waals surface area contributed by atoms with Gasteiger partial charge in [0.05, 0.1) is 11.3 Å². The fourth-order valence-electron chi connectivity index (χ4n) is 2.33. The van der Waals surface area contributed by atoms with Crippen LogP contribution in [-0.4, -0.2) is 17.7 Å². The summed E-state index contributed by atoms with van der Waals surface area (Å²) >= 11 is 1.27. The number of carbonyl (C=O) groups excluding carboxylic acids is 1. The largest absolute Gasteiger partial charge is 0.454 e. The lowest BCUT2D eigenvalue weighted by atomic mass is 10.1. The predicted octanol–water partition coefficient (Wildman–Crippen LogP) is 3.93. The average Bonchev–Trinajstić information content (AvgIpc) is 3.23. The molecule has 1 aliphatic rings. The molecular weight excluding hydrogens is 331 g/mol. The van der Waals surface area contributed by atoms with Crippen molar-refractivity contribution in [3.63, 3.8) is 0 Å². The molecule has 1 aromatic heterocycles. The molecule has 2 heterocycles. The van der Waals surface area contributed by atoms with Crippen molar-refractivity contribution in [2.75, 3.05) is 12.1 Å². The van der Waals surface area contributed by atoms with Crippen LogP contribution in [0.4, 0.5) is 9.52 Å². The number of rotatable bonds is 3. The third-order valence-corrected chi connectivity index (χ3v) is 4.27. The second-order valence-electron chi connectivity index (χ2n) is 5.04. The molecular formula is C17H11FN2O3S. The molecule has 0 unspecified atom stereocenters. The fourth-order valence-corrected chi connectivity index (χ4v) is 3.04. The molecule has 1 aliphatic heterocycles. The van der Waals surface area contributed by atoms with Crippen molar-refractivity contribution in [3.8, 4) is 22.8 Å². The molecule has 4 rings (SSSR count). The highest BCUT2D eigenvalue weighted by Crippen LogP contribution is 2.36. The Bertz CT molecular complexity index is 926. The van der Waals surface area contributed by atoms with E-state index < -0.39 is 11.7 Å². The van der Waals surface area contributed by atoms with Crippen LogP contribution in [0.25, 0.3) is 11.3 Å². The predicted molar refractivity (Wildman–Crippen MR) is 88.0 cm³/mol. The molecule has 0 saturated heterocycles. The van der Waals surface area contributed by atoms with Crippen molar-refractivity contribution in [2.24, 2.45) is 0 Å². The van der Waals surface area contributed by atoms with Crippen LogP contribution >= 0.6 is 11.3 Å². The maximum atomic E-state index is 13.6. The van der Waals surface area contributed by atoms with Crippen molar-refractivity contribution in [2.45, 2.75) is 0 Å². The van der Waals surface area contributed by atoms with Gasteiger partial charge >= 0.3 is 0 Å². The van der Waals surface area contributed by atoms with Gasteiger partial charge in [-0.1, -0.05) is 12.1 Å².